The summed E-state index contributed by atoms with van der Waals surface area (Å²) in [6.45, 7) is 8.63. The molecule has 0 radical (unpaired) electrons. The lowest BCUT2D eigenvalue weighted by molar-refractivity contribution is 0.0526. The van der Waals surface area contributed by atoms with Crippen LogP contribution in [0, 0.1) is 13.8 Å². The number of rotatable bonds is 5. The van der Waals surface area contributed by atoms with Crippen molar-refractivity contribution in [1.29, 1.82) is 0 Å². The molecule has 0 bridgehead atoms. The van der Waals surface area contributed by atoms with Crippen LogP contribution in [0.1, 0.15) is 63.2 Å². The van der Waals surface area contributed by atoms with Crippen molar-refractivity contribution in [2.75, 3.05) is 6.61 Å². The Labute approximate surface area is 141 Å². The van der Waals surface area contributed by atoms with Crippen molar-refractivity contribution in [3.05, 3.63) is 52.3 Å². The van der Waals surface area contributed by atoms with E-state index in [9.17, 15) is 14.4 Å². The van der Waals surface area contributed by atoms with Crippen LogP contribution in [0.25, 0.3) is 5.69 Å². The first-order valence-corrected chi connectivity index (χ1v) is 7.80. The topological polar surface area (TPSA) is 65.4 Å². The van der Waals surface area contributed by atoms with Crippen LogP contribution in [0.2, 0.25) is 0 Å². The first-order chi connectivity index (χ1) is 11.3. The van der Waals surface area contributed by atoms with Gasteiger partial charge in [-0.05, 0) is 58.9 Å². The van der Waals surface area contributed by atoms with Crippen LogP contribution in [-0.4, -0.2) is 28.7 Å². The summed E-state index contributed by atoms with van der Waals surface area (Å²) in [5, 5.41) is 0. The summed E-state index contributed by atoms with van der Waals surface area (Å²) < 4.78 is 6.84. The Kier molecular flexibility index (Phi) is 5.02. The maximum atomic E-state index is 12.0. The number of ketones is 2. The van der Waals surface area contributed by atoms with Crippen LogP contribution in [0.3, 0.4) is 0 Å². The van der Waals surface area contributed by atoms with Gasteiger partial charge >= 0.3 is 5.97 Å². The zero-order chi connectivity index (χ0) is 18.0. The van der Waals surface area contributed by atoms with Gasteiger partial charge in [0.15, 0.2) is 11.6 Å². The summed E-state index contributed by atoms with van der Waals surface area (Å²) in [5.41, 5.74) is 3.59. The Hall–Kier alpha value is -2.69. The molecule has 24 heavy (non-hydrogen) atoms. The molecule has 0 saturated heterocycles. The lowest BCUT2D eigenvalue weighted by Gasteiger charge is -2.10. The summed E-state index contributed by atoms with van der Waals surface area (Å²) in [6.07, 6.45) is 0. The number of ether oxygens (including phenoxy) is 1. The Bertz CT molecular complexity index is 775. The van der Waals surface area contributed by atoms with Gasteiger partial charge in [-0.1, -0.05) is 0 Å². The highest BCUT2D eigenvalue weighted by molar-refractivity contribution is 6.09. The number of nitrogens with zero attached hydrogens (tertiary/aromatic N) is 1. The molecule has 0 aliphatic heterocycles. The first kappa shape index (κ1) is 17.7. The molecule has 2 aromatic rings. The Morgan fingerprint density at radius 3 is 1.75 bits per heavy atom. The molecular formula is C19H21NO4. The van der Waals surface area contributed by atoms with Gasteiger partial charge in [0.05, 0.1) is 12.2 Å². The van der Waals surface area contributed by atoms with E-state index >= 15 is 0 Å². The first-order valence-electron chi connectivity index (χ1n) is 7.80. The van der Waals surface area contributed by atoms with E-state index in [0.29, 0.717) is 34.7 Å². The third kappa shape index (κ3) is 3.02. The molecule has 0 aliphatic rings. The van der Waals surface area contributed by atoms with Gasteiger partial charge in [-0.25, -0.2) is 4.79 Å². The second-order valence-corrected chi connectivity index (χ2v) is 5.64. The van der Waals surface area contributed by atoms with Gasteiger partial charge in [0.1, 0.15) is 0 Å². The molecule has 5 nitrogen and oxygen atoms in total. The summed E-state index contributed by atoms with van der Waals surface area (Å²) >= 11 is 0. The number of benzene rings is 1. The zero-order valence-electron chi connectivity index (χ0n) is 14.6. The average Bonchev–Trinajstić information content (AvgIpc) is 2.79. The lowest BCUT2D eigenvalue weighted by Crippen LogP contribution is -2.06. The molecule has 2 rings (SSSR count). The highest BCUT2D eigenvalue weighted by atomic mass is 16.5. The number of esters is 1. The van der Waals surface area contributed by atoms with Crippen LogP contribution < -0.4 is 0 Å². The van der Waals surface area contributed by atoms with Crippen LogP contribution in [0.4, 0.5) is 0 Å². The molecular weight excluding hydrogens is 306 g/mol. The van der Waals surface area contributed by atoms with Crippen LogP contribution >= 0.6 is 0 Å². The summed E-state index contributed by atoms with van der Waals surface area (Å²) in [7, 11) is 0. The van der Waals surface area contributed by atoms with Crippen molar-refractivity contribution < 1.29 is 19.1 Å². The Balaban J connectivity index is 2.57. The van der Waals surface area contributed by atoms with Gasteiger partial charge in [-0.3, -0.25) is 9.59 Å². The minimum atomic E-state index is -0.376. The quantitative estimate of drug-likeness (QED) is 0.621. The van der Waals surface area contributed by atoms with Crippen molar-refractivity contribution >= 4 is 17.5 Å². The zero-order valence-corrected chi connectivity index (χ0v) is 14.6. The number of hydrogen-bond donors (Lipinski definition) is 0. The monoisotopic (exact) mass is 327 g/mol. The fourth-order valence-corrected chi connectivity index (χ4v) is 3.05. The molecule has 0 N–H and O–H groups in total. The van der Waals surface area contributed by atoms with Crippen molar-refractivity contribution in [2.24, 2.45) is 0 Å². The second-order valence-electron chi connectivity index (χ2n) is 5.64. The Morgan fingerprint density at radius 1 is 0.917 bits per heavy atom. The van der Waals surface area contributed by atoms with E-state index in [1.807, 2.05) is 18.4 Å². The number of Topliss-reactive ketones (excluding diaryl/α,β-unsaturated/α-hetero) is 2. The molecule has 0 saturated carbocycles. The van der Waals surface area contributed by atoms with E-state index < -0.39 is 0 Å². The van der Waals surface area contributed by atoms with Crippen molar-refractivity contribution in [3.63, 3.8) is 0 Å². The predicted molar refractivity (Wildman–Crippen MR) is 91.2 cm³/mol. The van der Waals surface area contributed by atoms with E-state index in [4.69, 9.17) is 4.74 Å². The van der Waals surface area contributed by atoms with Crippen LogP contribution in [0.5, 0.6) is 0 Å². The minimum absolute atomic E-state index is 0.136. The number of aromatic nitrogens is 1. The fraction of sp³-hybridized carbons (Fsp3) is 0.316. The van der Waals surface area contributed by atoms with Crippen LogP contribution in [0.15, 0.2) is 24.3 Å². The largest absolute Gasteiger partial charge is 0.462 e. The molecule has 0 aliphatic carbocycles. The van der Waals surface area contributed by atoms with Crippen molar-refractivity contribution in [3.8, 4) is 5.69 Å². The smallest absolute Gasteiger partial charge is 0.338 e. The van der Waals surface area contributed by atoms with E-state index in [1.54, 1.807) is 31.2 Å². The van der Waals surface area contributed by atoms with Gasteiger partial charge in [0.25, 0.3) is 0 Å². The number of carbonyl (C=O) groups is 3. The molecule has 1 aromatic carbocycles. The maximum Gasteiger partial charge on any atom is 0.338 e. The average molecular weight is 327 g/mol. The standard InChI is InChI=1S/C19H21NO4/c1-6-24-19(23)15-7-9-16(10-8-15)20-11(2)17(13(4)21)18(12(20)3)14(5)22/h7-10H,6H2,1-5H3. The van der Waals surface area contributed by atoms with E-state index in [1.165, 1.54) is 13.8 Å². The fourth-order valence-electron chi connectivity index (χ4n) is 3.05. The second kappa shape index (κ2) is 6.83. The summed E-state index contributed by atoms with van der Waals surface area (Å²) in [5.74, 6) is -0.649. The normalized spacial score (nSPS) is 10.5. The molecule has 0 amide bonds. The summed E-state index contributed by atoms with van der Waals surface area (Å²) in [4.78, 5) is 35.7. The van der Waals surface area contributed by atoms with Crippen molar-refractivity contribution in [2.45, 2.75) is 34.6 Å². The molecule has 0 atom stereocenters. The van der Waals surface area contributed by atoms with Crippen LogP contribution in [-0.2, 0) is 4.74 Å². The lowest BCUT2D eigenvalue weighted by atomic mass is 10.0. The molecule has 0 fully saturated rings. The number of hydrogen-bond acceptors (Lipinski definition) is 4. The van der Waals surface area contributed by atoms with Gasteiger partial charge in [-0.15, -0.1) is 0 Å². The Morgan fingerprint density at radius 2 is 1.38 bits per heavy atom. The molecule has 0 spiro atoms. The van der Waals surface area contributed by atoms with E-state index in [0.717, 1.165) is 5.69 Å². The van der Waals surface area contributed by atoms with Gasteiger partial charge in [0, 0.05) is 28.2 Å². The molecule has 1 heterocycles. The van der Waals surface area contributed by atoms with Gasteiger partial charge in [-0.2, -0.15) is 0 Å². The third-order valence-corrected chi connectivity index (χ3v) is 3.99. The maximum absolute atomic E-state index is 12.0. The molecule has 1 aromatic heterocycles. The highest BCUT2D eigenvalue weighted by Crippen LogP contribution is 2.27. The molecule has 0 unspecified atom stereocenters. The molecule has 126 valence electrons. The van der Waals surface area contributed by atoms with E-state index in [-0.39, 0.29) is 17.5 Å². The minimum Gasteiger partial charge on any atom is -0.462 e. The summed E-state index contributed by atoms with van der Waals surface area (Å²) in [6, 6.07) is 6.90. The number of carbonyl (C=O) groups excluding carboxylic acids is 3. The highest BCUT2D eigenvalue weighted by Gasteiger charge is 2.24. The van der Waals surface area contributed by atoms with E-state index in [2.05, 4.69) is 0 Å². The SMILES string of the molecule is CCOC(=O)c1ccc(-n2c(C)c(C(C)=O)c(C(C)=O)c2C)cc1. The molecule has 5 heteroatoms. The van der Waals surface area contributed by atoms with Gasteiger partial charge in [0.2, 0.25) is 0 Å². The van der Waals surface area contributed by atoms with Crippen molar-refractivity contribution in [1.82, 2.24) is 4.57 Å². The predicted octanol–water partition coefficient (Wildman–Crippen LogP) is 3.68. The van der Waals surface area contributed by atoms with Gasteiger partial charge < -0.3 is 9.30 Å². The third-order valence-electron chi connectivity index (χ3n) is 3.99.